The average Bonchev–Trinajstić information content (AvgIpc) is 3.15. The van der Waals surface area contributed by atoms with Crippen LogP contribution in [0, 0.1) is 11.6 Å². The van der Waals surface area contributed by atoms with E-state index in [1.807, 2.05) is 35.7 Å². The maximum Gasteiger partial charge on any atom is 0.284 e. The van der Waals surface area contributed by atoms with Crippen molar-refractivity contribution in [3.63, 3.8) is 0 Å². The van der Waals surface area contributed by atoms with Crippen LogP contribution in [-0.4, -0.2) is 21.1 Å². The molecule has 0 N–H and O–H groups in total. The Morgan fingerprint density at radius 3 is 2.61 bits per heavy atom. The van der Waals surface area contributed by atoms with Gasteiger partial charge in [0.15, 0.2) is 16.8 Å². The molecule has 0 fully saturated rings. The quantitative estimate of drug-likeness (QED) is 0.447. The minimum atomic E-state index is -0.943. The van der Waals surface area contributed by atoms with E-state index < -0.39 is 11.6 Å². The lowest BCUT2D eigenvalue weighted by molar-refractivity contribution is 0.508. The second-order valence-corrected chi connectivity index (χ2v) is 7.97. The van der Waals surface area contributed by atoms with Gasteiger partial charge >= 0.3 is 0 Å². The van der Waals surface area contributed by atoms with Gasteiger partial charge in [-0.1, -0.05) is 42.1 Å². The Morgan fingerprint density at radius 2 is 1.82 bits per heavy atom. The third kappa shape index (κ3) is 2.76. The van der Waals surface area contributed by atoms with Crippen LogP contribution in [0.15, 0.2) is 69.0 Å². The summed E-state index contributed by atoms with van der Waals surface area (Å²) in [5, 5.41) is 7.33. The van der Waals surface area contributed by atoms with Gasteiger partial charge in [0.25, 0.3) is 5.56 Å². The van der Waals surface area contributed by atoms with Crippen molar-refractivity contribution in [2.45, 2.75) is 5.16 Å². The lowest BCUT2D eigenvalue weighted by Gasteiger charge is -2.16. The highest BCUT2D eigenvalue weighted by atomic mass is 32.2. The van der Waals surface area contributed by atoms with E-state index in [1.165, 1.54) is 33.8 Å². The summed E-state index contributed by atoms with van der Waals surface area (Å²) in [5.74, 6) is -1.44. The molecule has 2 aromatic carbocycles. The molecule has 1 aliphatic rings. The zero-order chi connectivity index (χ0) is 19.3. The Bertz CT molecular complexity index is 1310. The van der Waals surface area contributed by atoms with E-state index in [2.05, 4.69) is 10.1 Å². The van der Waals surface area contributed by atoms with Crippen LogP contribution in [0.5, 0.6) is 0 Å². The topological polar surface area (TPSA) is 47.2 Å². The number of halogens is 2. The predicted molar refractivity (Wildman–Crippen MR) is 108 cm³/mol. The van der Waals surface area contributed by atoms with Crippen molar-refractivity contribution >= 4 is 39.0 Å². The molecular weight excluding hydrogens is 400 g/mol. The number of fused-ring (bicyclic) bond motifs is 2. The molecule has 0 spiro atoms. The maximum atomic E-state index is 13.6. The maximum absolute atomic E-state index is 13.6. The third-order valence-corrected chi connectivity index (χ3v) is 6.26. The lowest BCUT2D eigenvalue weighted by atomic mass is 10.1. The fourth-order valence-corrected chi connectivity index (χ4v) is 4.96. The van der Waals surface area contributed by atoms with E-state index in [1.54, 1.807) is 0 Å². The Balaban J connectivity index is 1.70. The molecule has 0 atom stereocenters. The molecule has 0 saturated heterocycles. The van der Waals surface area contributed by atoms with Gasteiger partial charge in [0.1, 0.15) is 4.83 Å². The summed E-state index contributed by atoms with van der Waals surface area (Å²) in [6, 6.07) is 13.2. The number of rotatable bonds is 2. The van der Waals surface area contributed by atoms with Gasteiger partial charge in [-0.05, 0) is 23.8 Å². The number of aromatic nitrogens is 2. The van der Waals surface area contributed by atoms with Crippen LogP contribution in [0.2, 0.25) is 0 Å². The molecule has 138 valence electrons. The minimum absolute atomic E-state index is 0.271. The van der Waals surface area contributed by atoms with E-state index >= 15 is 0 Å². The summed E-state index contributed by atoms with van der Waals surface area (Å²) < 4.78 is 28.1. The van der Waals surface area contributed by atoms with Gasteiger partial charge in [0, 0.05) is 22.3 Å². The first kappa shape index (κ1) is 17.3. The van der Waals surface area contributed by atoms with Gasteiger partial charge < -0.3 is 0 Å². The zero-order valence-corrected chi connectivity index (χ0v) is 15.9. The van der Waals surface area contributed by atoms with Crippen LogP contribution in [0.4, 0.5) is 8.78 Å². The molecule has 8 heteroatoms. The molecule has 4 aromatic rings. The molecule has 4 nitrogen and oxygen atoms in total. The van der Waals surface area contributed by atoms with Crippen molar-refractivity contribution in [1.82, 2.24) is 9.66 Å². The summed E-state index contributed by atoms with van der Waals surface area (Å²) in [5.41, 5.74) is 2.41. The first-order chi connectivity index (χ1) is 13.6. The minimum Gasteiger partial charge on any atom is -0.266 e. The van der Waals surface area contributed by atoms with Crippen LogP contribution in [0.3, 0.4) is 0 Å². The molecule has 0 radical (unpaired) electrons. The van der Waals surface area contributed by atoms with Gasteiger partial charge in [0.2, 0.25) is 0 Å². The normalized spacial score (nSPS) is 13.4. The molecule has 3 heterocycles. The van der Waals surface area contributed by atoms with Crippen molar-refractivity contribution in [2.24, 2.45) is 5.10 Å². The Morgan fingerprint density at radius 1 is 1.00 bits per heavy atom. The van der Waals surface area contributed by atoms with E-state index in [0.29, 0.717) is 32.4 Å². The van der Waals surface area contributed by atoms with Gasteiger partial charge in [-0.25, -0.2) is 13.8 Å². The number of thioether (sulfide) groups is 1. The molecular formula is C20H11F2N3OS2. The highest BCUT2D eigenvalue weighted by Crippen LogP contribution is 2.33. The van der Waals surface area contributed by atoms with Crippen molar-refractivity contribution in [3.8, 4) is 11.1 Å². The standard InChI is InChI=1S/C20H11F2N3OS2/c21-14-7-6-12(8-15(14)22)16-10-28-20-23-18-17(19(26)25(20)24-16)13(9-27-18)11-4-2-1-3-5-11/h1-9H,10H2. The van der Waals surface area contributed by atoms with Gasteiger partial charge in [-0.3, -0.25) is 4.79 Å². The molecule has 0 saturated carbocycles. The Hall–Kier alpha value is -2.84. The lowest BCUT2D eigenvalue weighted by Crippen LogP contribution is -2.25. The van der Waals surface area contributed by atoms with Gasteiger partial charge in [0.05, 0.1) is 11.1 Å². The number of hydrogen-bond donors (Lipinski definition) is 0. The first-order valence-corrected chi connectivity index (χ1v) is 10.2. The summed E-state index contributed by atoms with van der Waals surface area (Å²) >= 11 is 2.77. The van der Waals surface area contributed by atoms with Crippen LogP contribution in [-0.2, 0) is 0 Å². The van der Waals surface area contributed by atoms with Crippen molar-refractivity contribution in [3.05, 3.63) is 81.5 Å². The Kier molecular flexibility index (Phi) is 4.10. The second kappa shape index (κ2) is 6.65. The molecule has 0 aliphatic carbocycles. The first-order valence-electron chi connectivity index (χ1n) is 8.37. The molecule has 0 amide bonds. The molecule has 5 rings (SSSR count). The second-order valence-electron chi connectivity index (χ2n) is 6.17. The SMILES string of the molecule is O=c1c2c(-c3ccccc3)csc2nc2n1N=C(c1ccc(F)c(F)c1)CS2. The van der Waals surface area contributed by atoms with Gasteiger partial charge in [-0.15, -0.1) is 11.3 Å². The summed E-state index contributed by atoms with van der Waals surface area (Å²) in [7, 11) is 0. The number of thiophene rings is 1. The molecule has 28 heavy (non-hydrogen) atoms. The van der Waals surface area contributed by atoms with E-state index in [9.17, 15) is 13.6 Å². The average molecular weight is 411 g/mol. The van der Waals surface area contributed by atoms with Crippen molar-refractivity contribution < 1.29 is 8.78 Å². The van der Waals surface area contributed by atoms with Crippen LogP contribution in [0.1, 0.15) is 5.56 Å². The molecule has 1 aliphatic heterocycles. The molecule has 2 aromatic heterocycles. The predicted octanol–water partition coefficient (Wildman–Crippen LogP) is 4.76. The van der Waals surface area contributed by atoms with E-state index in [0.717, 1.165) is 23.3 Å². The van der Waals surface area contributed by atoms with Crippen LogP contribution in [0.25, 0.3) is 21.3 Å². The number of hydrogen-bond acceptors (Lipinski definition) is 5. The largest absolute Gasteiger partial charge is 0.284 e. The van der Waals surface area contributed by atoms with E-state index in [4.69, 9.17) is 0 Å². The highest BCUT2D eigenvalue weighted by molar-refractivity contribution is 7.99. The third-order valence-electron chi connectivity index (χ3n) is 4.45. The van der Waals surface area contributed by atoms with Crippen molar-refractivity contribution in [2.75, 3.05) is 5.75 Å². The summed E-state index contributed by atoms with van der Waals surface area (Å²) in [4.78, 5) is 18.4. The zero-order valence-electron chi connectivity index (χ0n) is 14.2. The molecule has 0 bridgehead atoms. The van der Waals surface area contributed by atoms with Crippen LogP contribution < -0.4 is 5.56 Å². The fourth-order valence-electron chi connectivity index (χ4n) is 3.07. The van der Waals surface area contributed by atoms with E-state index in [-0.39, 0.29) is 5.56 Å². The number of benzene rings is 2. The Labute approximate surface area is 166 Å². The molecule has 0 unspecified atom stereocenters. The van der Waals surface area contributed by atoms with Crippen molar-refractivity contribution in [1.29, 1.82) is 0 Å². The smallest absolute Gasteiger partial charge is 0.266 e. The summed E-state index contributed by atoms with van der Waals surface area (Å²) in [6.45, 7) is 0. The number of nitrogens with zero attached hydrogens (tertiary/aromatic N) is 3. The van der Waals surface area contributed by atoms with Gasteiger partial charge in [-0.2, -0.15) is 9.78 Å². The highest BCUT2D eigenvalue weighted by Gasteiger charge is 2.22. The summed E-state index contributed by atoms with van der Waals surface area (Å²) in [6.07, 6.45) is 0. The fraction of sp³-hybridized carbons (Fsp3) is 0.0500. The van der Waals surface area contributed by atoms with Crippen LogP contribution >= 0.6 is 23.1 Å². The monoisotopic (exact) mass is 411 g/mol.